The van der Waals surface area contributed by atoms with E-state index in [1.54, 1.807) is 0 Å². The number of nitrogens with two attached hydrogens (primary N) is 1. The Kier molecular flexibility index (Phi) is 2.80. The maximum atomic E-state index is 5.78. The molecule has 1 nitrogen and oxygen atoms in total. The van der Waals surface area contributed by atoms with Gasteiger partial charge in [0.15, 0.2) is 0 Å². The van der Waals surface area contributed by atoms with Crippen LogP contribution in [0.4, 0.5) is 0 Å². The minimum atomic E-state index is 0.562. The summed E-state index contributed by atoms with van der Waals surface area (Å²) in [7, 11) is 0. The number of rotatable bonds is 2. The van der Waals surface area contributed by atoms with Gasteiger partial charge in [0.25, 0.3) is 0 Å². The fourth-order valence-corrected chi connectivity index (χ4v) is 2.42. The quantitative estimate of drug-likeness (QED) is 0.807. The Morgan fingerprint density at radius 1 is 1.31 bits per heavy atom. The van der Waals surface area contributed by atoms with E-state index in [0.29, 0.717) is 6.54 Å². The molecule has 0 aliphatic carbocycles. The number of hydrogen-bond donors (Lipinski definition) is 1. The second kappa shape index (κ2) is 4.11. The molecule has 0 amide bonds. The van der Waals surface area contributed by atoms with Crippen LogP contribution in [-0.4, -0.2) is 0 Å². The zero-order chi connectivity index (χ0) is 11.7. The summed E-state index contributed by atoms with van der Waals surface area (Å²) in [6.07, 6.45) is 1.91. The predicted octanol–water partition coefficient (Wildman–Crippen LogP) is 3.56. The van der Waals surface area contributed by atoms with E-state index in [-0.39, 0.29) is 0 Å². The molecular weight excluding hydrogens is 194 g/mol. The van der Waals surface area contributed by atoms with Crippen LogP contribution in [0.1, 0.15) is 22.3 Å². The van der Waals surface area contributed by atoms with Crippen molar-refractivity contribution in [3.8, 4) is 0 Å². The van der Waals surface area contributed by atoms with Crippen molar-refractivity contribution in [3.05, 3.63) is 53.1 Å². The van der Waals surface area contributed by atoms with Crippen LogP contribution < -0.4 is 5.73 Å². The van der Waals surface area contributed by atoms with Crippen LogP contribution in [-0.2, 0) is 6.54 Å². The lowest BCUT2D eigenvalue weighted by Gasteiger charge is -2.13. The third-order valence-electron chi connectivity index (χ3n) is 3.18. The van der Waals surface area contributed by atoms with E-state index in [2.05, 4.69) is 44.7 Å². The average Bonchev–Trinajstić information content (AvgIpc) is 2.28. The van der Waals surface area contributed by atoms with Gasteiger partial charge in [-0.05, 0) is 52.9 Å². The van der Waals surface area contributed by atoms with Gasteiger partial charge in [0.2, 0.25) is 0 Å². The van der Waals surface area contributed by atoms with Crippen molar-refractivity contribution in [2.75, 3.05) is 0 Å². The molecule has 0 aliphatic heterocycles. The number of hydrogen-bond acceptors (Lipinski definition) is 1. The topological polar surface area (TPSA) is 26.0 Å². The summed E-state index contributed by atoms with van der Waals surface area (Å²) in [5, 5.41) is 2.60. The Morgan fingerprint density at radius 3 is 2.69 bits per heavy atom. The molecule has 2 aromatic carbocycles. The summed E-state index contributed by atoms with van der Waals surface area (Å²) in [5.74, 6) is 0. The summed E-state index contributed by atoms with van der Waals surface area (Å²) in [6.45, 7) is 8.73. The Balaban J connectivity index is 2.93. The molecule has 0 spiro atoms. The summed E-state index contributed by atoms with van der Waals surface area (Å²) >= 11 is 0. The molecule has 82 valence electrons. The van der Waals surface area contributed by atoms with Crippen LogP contribution in [0, 0.1) is 13.8 Å². The fourth-order valence-electron chi connectivity index (χ4n) is 2.42. The van der Waals surface area contributed by atoms with Gasteiger partial charge < -0.3 is 5.73 Å². The molecule has 0 heterocycles. The summed E-state index contributed by atoms with van der Waals surface area (Å²) < 4.78 is 0. The molecule has 0 fully saturated rings. The minimum Gasteiger partial charge on any atom is -0.326 e. The number of aryl methyl sites for hydroxylation is 2. The summed E-state index contributed by atoms with van der Waals surface area (Å²) in [6, 6.07) is 8.54. The van der Waals surface area contributed by atoms with Crippen LogP contribution in [0.25, 0.3) is 16.8 Å². The Morgan fingerprint density at radius 2 is 2.06 bits per heavy atom. The first kappa shape index (κ1) is 10.9. The van der Waals surface area contributed by atoms with Gasteiger partial charge in [0.1, 0.15) is 0 Å². The van der Waals surface area contributed by atoms with E-state index in [1.165, 1.54) is 33.0 Å². The minimum absolute atomic E-state index is 0.562. The zero-order valence-electron chi connectivity index (χ0n) is 9.88. The van der Waals surface area contributed by atoms with Crippen LogP contribution >= 0.6 is 0 Å². The van der Waals surface area contributed by atoms with E-state index in [0.717, 1.165) is 0 Å². The molecule has 2 rings (SSSR count). The van der Waals surface area contributed by atoms with Gasteiger partial charge in [-0.2, -0.15) is 0 Å². The van der Waals surface area contributed by atoms with E-state index in [4.69, 9.17) is 5.73 Å². The normalized spacial score (nSPS) is 10.7. The largest absolute Gasteiger partial charge is 0.326 e. The first-order valence-corrected chi connectivity index (χ1v) is 5.53. The SMILES string of the molecule is C=Cc1c(CN)cc2cccc(C)c2c1C. The monoisotopic (exact) mass is 211 g/mol. The number of fused-ring (bicyclic) bond motifs is 1. The zero-order valence-corrected chi connectivity index (χ0v) is 9.88. The highest BCUT2D eigenvalue weighted by atomic mass is 14.5. The molecule has 0 unspecified atom stereocenters. The van der Waals surface area contributed by atoms with E-state index >= 15 is 0 Å². The molecule has 1 heteroatoms. The Hall–Kier alpha value is -1.60. The van der Waals surface area contributed by atoms with Crippen molar-refractivity contribution in [2.24, 2.45) is 5.73 Å². The average molecular weight is 211 g/mol. The molecule has 0 saturated carbocycles. The molecule has 0 bridgehead atoms. The molecule has 0 aromatic heterocycles. The van der Waals surface area contributed by atoms with Gasteiger partial charge in [0, 0.05) is 6.54 Å². The lowest BCUT2D eigenvalue weighted by molar-refractivity contribution is 1.07. The summed E-state index contributed by atoms with van der Waals surface area (Å²) in [5.41, 5.74) is 10.7. The maximum Gasteiger partial charge on any atom is 0.0184 e. The van der Waals surface area contributed by atoms with E-state index in [1.807, 2.05) is 6.08 Å². The van der Waals surface area contributed by atoms with E-state index in [9.17, 15) is 0 Å². The van der Waals surface area contributed by atoms with Crippen molar-refractivity contribution in [1.82, 2.24) is 0 Å². The highest BCUT2D eigenvalue weighted by molar-refractivity contribution is 5.92. The standard InChI is InChI=1S/C15H17N/c1-4-14-11(3)15-10(2)6-5-7-12(15)8-13(14)9-16/h4-8H,1,9,16H2,2-3H3. The van der Waals surface area contributed by atoms with Crippen molar-refractivity contribution in [3.63, 3.8) is 0 Å². The molecular formula is C15H17N. The summed E-state index contributed by atoms with van der Waals surface area (Å²) in [4.78, 5) is 0. The van der Waals surface area contributed by atoms with Crippen molar-refractivity contribution in [1.29, 1.82) is 0 Å². The fraction of sp³-hybridized carbons (Fsp3) is 0.200. The highest BCUT2D eigenvalue weighted by Crippen LogP contribution is 2.28. The molecule has 0 aliphatic rings. The van der Waals surface area contributed by atoms with Gasteiger partial charge in [-0.3, -0.25) is 0 Å². The molecule has 2 N–H and O–H groups in total. The van der Waals surface area contributed by atoms with Crippen LogP contribution in [0.3, 0.4) is 0 Å². The van der Waals surface area contributed by atoms with Gasteiger partial charge in [0.05, 0.1) is 0 Å². The van der Waals surface area contributed by atoms with Crippen LogP contribution in [0.5, 0.6) is 0 Å². The first-order chi connectivity index (χ1) is 7.69. The molecule has 0 atom stereocenters. The molecule has 2 aromatic rings. The second-order valence-corrected chi connectivity index (χ2v) is 4.16. The predicted molar refractivity (Wildman–Crippen MR) is 71.4 cm³/mol. The molecule has 0 saturated heterocycles. The Labute approximate surface area is 96.6 Å². The van der Waals surface area contributed by atoms with Crippen LogP contribution in [0.2, 0.25) is 0 Å². The second-order valence-electron chi connectivity index (χ2n) is 4.16. The van der Waals surface area contributed by atoms with Gasteiger partial charge in [-0.15, -0.1) is 0 Å². The van der Waals surface area contributed by atoms with Crippen molar-refractivity contribution >= 4 is 16.8 Å². The van der Waals surface area contributed by atoms with Crippen molar-refractivity contribution in [2.45, 2.75) is 20.4 Å². The van der Waals surface area contributed by atoms with Gasteiger partial charge in [-0.25, -0.2) is 0 Å². The number of benzene rings is 2. The maximum absolute atomic E-state index is 5.78. The first-order valence-electron chi connectivity index (χ1n) is 5.53. The third kappa shape index (κ3) is 1.54. The molecule has 0 radical (unpaired) electrons. The lowest BCUT2D eigenvalue weighted by Crippen LogP contribution is -2.01. The van der Waals surface area contributed by atoms with Gasteiger partial charge in [-0.1, -0.05) is 30.9 Å². The van der Waals surface area contributed by atoms with Gasteiger partial charge >= 0.3 is 0 Å². The van der Waals surface area contributed by atoms with Crippen molar-refractivity contribution < 1.29 is 0 Å². The van der Waals surface area contributed by atoms with E-state index < -0.39 is 0 Å². The highest BCUT2D eigenvalue weighted by Gasteiger charge is 2.08. The third-order valence-corrected chi connectivity index (χ3v) is 3.18. The smallest absolute Gasteiger partial charge is 0.0184 e. The Bertz CT molecular complexity index is 553. The molecule has 16 heavy (non-hydrogen) atoms. The van der Waals surface area contributed by atoms with Crippen LogP contribution in [0.15, 0.2) is 30.8 Å². The lowest BCUT2D eigenvalue weighted by atomic mass is 9.92.